The van der Waals surface area contributed by atoms with E-state index >= 15 is 0 Å². The summed E-state index contributed by atoms with van der Waals surface area (Å²) in [7, 11) is 0. The minimum absolute atomic E-state index is 0.000221. The first kappa shape index (κ1) is 31.6. The lowest BCUT2D eigenvalue weighted by atomic mass is 9.92. The molecule has 1 aliphatic heterocycles. The molecule has 1 heterocycles. The molecular weight excluding hydrogens is 508 g/mol. The summed E-state index contributed by atoms with van der Waals surface area (Å²) in [5, 5.41) is 15.1. The molecule has 11 nitrogen and oxygen atoms in total. The number of rotatable bonds is 12. The van der Waals surface area contributed by atoms with Gasteiger partial charge in [0, 0.05) is 6.42 Å². The van der Waals surface area contributed by atoms with E-state index in [1.54, 1.807) is 0 Å². The number of carbonyl (C=O) groups excluding carboxylic acids is 5. The fourth-order valence-electron chi connectivity index (χ4n) is 4.40. The van der Waals surface area contributed by atoms with Gasteiger partial charge in [-0.2, -0.15) is 0 Å². The van der Waals surface area contributed by atoms with Crippen molar-refractivity contribution in [3.05, 3.63) is 23.8 Å². The Morgan fingerprint density at radius 2 is 1.77 bits per heavy atom. The zero-order chi connectivity index (χ0) is 29.1. The Morgan fingerprint density at radius 3 is 2.41 bits per heavy atom. The second-order valence-corrected chi connectivity index (χ2v) is 10.2. The van der Waals surface area contributed by atoms with Gasteiger partial charge in [-0.25, -0.2) is 4.79 Å². The van der Waals surface area contributed by atoms with Crippen LogP contribution < -0.4 is 10.6 Å². The van der Waals surface area contributed by atoms with Crippen LogP contribution in [0, 0.1) is 11.8 Å². The Kier molecular flexibility index (Phi) is 12.2. The molecule has 11 heteroatoms. The van der Waals surface area contributed by atoms with Crippen molar-refractivity contribution in [3.8, 4) is 5.75 Å². The van der Waals surface area contributed by atoms with E-state index < -0.39 is 59.8 Å². The summed E-state index contributed by atoms with van der Waals surface area (Å²) < 4.78 is 16.9. The molecule has 1 aromatic carbocycles. The lowest BCUT2D eigenvalue weighted by molar-refractivity contribution is -0.175. The first-order valence-corrected chi connectivity index (χ1v) is 13.4. The second-order valence-electron chi connectivity index (χ2n) is 10.2. The number of unbranched alkanes of at least 4 members (excludes halogenated alkanes) is 3. The van der Waals surface area contributed by atoms with Gasteiger partial charge in [-0.05, 0) is 38.3 Å². The Labute approximate surface area is 228 Å². The number of aromatic hydroxyl groups is 1. The summed E-state index contributed by atoms with van der Waals surface area (Å²) in [6.45, 7) is 8.77. The smallest absolute Gasteiger partial charge is 0.332 e. The van der Waals surface area contributed by atoms with Gasteiger partial charge in [0.1, 0.15) is 12.2 Å². The molecule has 1 aliphatic rings. The third-order valence-corrected chi connectivity index (χ3v) is 6.48. The highest BCUT2D eigenvalue weighted by atomic mass is 16.6. The zero-order valence-electron chi connectivity index (χ0n) is 23.2. The molecule has 216 valence electrons. The quantitative estimate of drug-likeness (QED) is 0.117. The number of ether oxygens (including phenoxy) is 3. The summed E-state index contributed by atoms with van der Waals surface area (Å²) in [6.07, 6.45) is 1.17. The van der Waals surface area contributed by atoms with Crippen LogP contribution in [0.25, 0.3) is 0 Å². The maximum Gasteiger partial charge on any atom is 0.332 e. The normalized spacial score (nSPS) is 23.5. The lowest BCUT2D eigenvalue weighted by Crippen LogP contribution is -2.50. The van der Waals surface area contributed by atoms with Crippen molar-refractivity contribution in [3.63, 3.8) is 0 Å². The Morgan fingerprint density at radius 1 is 1.08 bits per heavy atom. The van der Waals surface area contributed by atoms with E-state index in [0.29, 0.717) is 19.3 Å². The number of hydrogen-bond donors (Lipinski definition) is 3. The molecule has 0 radical (unpaired) electrons. The Bertz CT molecular complexity index is 1030. The van der Waals surface area contributed by atoms with Crippen molar-refractivity contribution in [1.29, 1.82) is 0 Å². The fraction of sp³-hybridized carbons (Fsp3) is 0.607. The van der Waals surface area contributed by atoms with E-state index in [0.717, 1.165) is 19.3 Å². The molecule has 1 saturated heterocycles. The van der Waals surface area contributed by atoms with Gasteiger partial charge in [-0.1, -0.05) is 52.5 Å². The summed E-state index contributed by atoms with van der Waals surface area (Å²) in [6, 6.07) is 2.71. The molecule has 0 spiro atoms. The largest absolute Gasteiger partial charge is 0.505 e. The number of phenols is 1. The van der Waals surface area contributed by atoms with Crippen LogP contribution in [0.3, 0.4) is 0 Å². The monoisotopic (exact) mass is 548 g/mol. The molecule has 0 aliphatic carbocycles. The van der Waals surface area contributed by atoms with Gasteiger partial charge < -0.3 is 30.0 Å². The van der Waals surface area contributed by atoms with Crippen molar-refractivity contribution >= 4 is 35.9 Å². The minimum Gasteiger partial charge on any atom is -0.505 e. The van der Waals surface area contributed by atoms with Gasteiger partial charge in [-0.3, -0.25) is 19.2 Å². The van der Waals surface area contributed by atoms with Crippen molar-refractivity contribution in [2.75, 3.05) is 5.32 Å². The first-order valence-electron chi connectivity index (χ1n) is 13.4. The molecule has 2 amide bonds. The average Bonchev–Trinajstić information content (AvgIpc) is 2.88. The Hall–Kier alpha value is -3.63. The van der Waals surface area contributed by atoms with Gasteiger partial charge in [0.05, 0.1) is 17.2 Å². The fourth-order valence-corrected chi connectivity index (χ4v) is 4.40. The number of carbonyl (C=O) groups is 5. The molecule has 1 aromatic rings. The molecule has 5 atom stereocenters. The Balaban J connectivity index is 2.33. The summed E-state index contributed by atoms with van der Waals surface area (Å²) in [5.74, 6) is -4.26. The van der Waals surface area contributed by atoms with Crippen molar-refractivity contribution in [2.45, 2.75) is 97.5 Å². The van der Waals surface area contributed by atoms with Crippen LogP contribution in [0.1, 0.15) is 83.5 Å². The molecule has 0 unspecified atom stereocenters. The molecule has 0 aromatic heterocycles. The number of phenolic OH excluding ortho intramolecular Hbond substituents is 1. The van der Waals surface area contributed by atoms with Crippen LogP contribution in [0.2, 0.25) is 0 Å². The summed E-state index contributed by atoms with van der Waals surface area (Å²) in [5.41, 5.74) is -0.213. The van der Waals surface area contributed by atoms with E-state index in [-0.39, 0.29) is 23.6 Å². The number of benzene rings is 1. The van der Waals surface area contributed by atoms with E-state index in [9.17, 15) is 29.1 Å². The summed E-state index contributed by atoms with van der Waals surface area (Å²) in [4.78, 5) is 62.9. The van der Waals surface area contributed by atoms with Crippen molar-refractivity contribution < 1.29 is 43.3 Å². The molecule has 39 heavy (non-hydrogen) atoms. The summed E-state index contributed by atoms with van der Waals surface area (Å²) >= 11 is 0. The zero-order valence-corrected chi connectivity index (χ0v) is 23.2. The van der Waals surface area contributed by atoms with Crippen LogP contribution >= 0.6 is 0 Å². The maximum absolute atomic E-state index is 13.4. The van der Waals surface area contributed by atoms with Gasteiger partial charge in [0.2, 0.25) is 6.41 Å². The number of hydrogen-bond acceptors (Lipinski definition) is 9. The maximum atomic E-state index is 13.4. The predicted octanol–water partition coefficient (Wildman–Crippen LogP) is 3.48. The minimum atomic E-state index is -1.42. The number of para-hydroxylation sites is 1. The highest BCUT2D eigenvalue weighted by Gasteiger charge is 2.44. The number of nitrogens with one attached hydrogen (secondary N) is 2. The van der Waals surface area contributed by atoms with Crippen LogP contribution in [-0.2, 0) is 33.4 Å². The number of amides is 2. The lowest BCUT2D eigenvalue weighted by Gasteiger charge is -2.29. The third-order valence-electron chi connectivity index (χ3n) is 6.48. The van der Waals surface area contributed by atoms with E-state index in [2.05, 4.69) is 17.6 Å². The van der Waals surface area contributed by atoms with Crippen LogP contribution in [0.4, 0.5) is 5.69 Å². The molecule has 0 bridgehead atoms. The molecule has 3 N–H and O–H groups in total. The van der Waals surface area contributed by atoms with Gasteiger partial charge >= 0.3 is 17.9 Å². The molecular formula is C28H40N2O9. The highest BCUT2D eigenvalue weighted by Crippen LogP contribution is 2.29. The second kappa shape index (κ2) is 15.1. The van der Waals surface area contributed by atoms with Crippen molar-refractivity contribution in [1.82, 2.24) is 5.32 Å². The standard InChI is InChI=1S/C28H40N2O9/c1-6-7-8-9-11-20-25(39-22(32)14-16(2)3)18(5)38-28(36)23(17(4)37-27(20)35)30-26(34)19-12-10-13-21(24(19)33)29-15-31/h10,12-13,15-18,20,23,25,33H,6-9,11,14H2,1-5H3,(H,29,31)(H,30,34)/t17-,18-,20+,23+,25-/m1/s1. The van der Waals surface area contributed by atoms with Crippen LogP contribution in [0.15, 0.2) is 18.2 Å². The SMILES string of the molecule is CCCCCC[C@@H]1C(=O)O[C@H](C)[C@H](NC(=O)c2cccc(NC=O)c2O)C(=O)O[C@H](C)[C@H]1OC(=O)CC(C)C. The van der Waals surface area contributed by atoms with E-state index in [1.807, 2.05) is 13.8 Å². The highest BCUT2D eigenvalue weighted by molar-refractivity contribution is 6.01. The van der Waals surface area contributed by atoms with Crippen LogP contribution in [-0.4, -0.2) is 59.7 Å². The molecule has 0 saturated carbocycles. The van der Waals surface area contributed by atoms with Gasteiger partial charge in [0.15, 0.2) is 17.9 Å². The van der Waals surface area contributed by atoms with Gasteiger partial charge in [0.25, 0.3) is 5.91 Å². The first-order chi connectivity index (χ1) is 18.5. The van der Waals surface area contributed by atoms with Gasteiger partial charge in [-0.15, -0.1) is 0 Å². The third kappa shape index (κ3) is 8.97. The van der Waals surface area contributed by atoms with E-state index in [4.69, 9.17) is 14.2 Å². The van der Waals surface area contributed by atoms with E-state index in [1.165, 1.54) is 32.0 Å². The number of esters is 3. The topological polar surface area (TPSA) is 157 Å². The average molecular weight is 549 g/mol. The van der Waals surface area contributed by atoms with Crippen LogP contribution in [0.5, 0.6) is 5.75 Å². The predicted molar refractivity (Wildman–Crippen MR) is 142 cm³/mol. The number of cyclic esters (lactones) is 2. The number of anilines is 1. The van der Waals surface area contributed by atoms with Crippen molar-refractivity contribution in [2.24, 2.45) is 11.8 Å². The molecule has 2 rings (SSSR count). The molecule has 1 fully saturated rings.